The van der Waals surface area contributed by atoms with E-state index in [0.717, 1.165) is 6.42 Å². The van der Waals surface area contributed by atoms with E-state index >= 15 is 0 Å². The van der Waals surface area contributed by atoms with E-state index < -0.39 is 12.1 Å². The van der Waals surface area contributed by atoms with E-state index in [1.165, 1.54) is 6.92 Å². The van der Waals surface area contributed by atoms with E-state index in [9.17, 15) is 4.79 Å². The molecule has 0 spiro atoms. The monoisotopic (exact) mass is 214 g/mol. The summed E-state index contributed by atoms with van der Waals surface area (Å²) >= 11 is 0. The van der Waals surface area contributed by atoms with Crippen LogP contribution in [0.25, 0.3) is 0 Å². The molecule has 0 rings (SSSR count). The summed E-state index contributed by atoms with van der Waals surface area (Å²) in [6.07, 6.45) is 0.160. The maximum atomic E-state index is 10.4. The number of hydrogen-bond donors (Lipinski definition) is 1. The second-order valence-electron chi connectivity index (χ2n) is 3.00. The SMILES string of the molecule is CCCOC(C)COC(C)C(=O)O.[NaH]. The molecule has 0 aliphatic heterocycles. The van der Waals surface area contributed by atoms with Gasteiger partial charge in [0.05, 0.1) is 12.7 Å². The van der Waals surface area contributed by atoms with Crippen LogP contribution in [0, 0.1) is 0 Å². The fourth-order valence-electron chi connectivity index (χ4n) is 0.718. The Labute approximate surface area is 107 Å². The van der Waals surface area contributed by atoms with Crippen LogP contribution < -0.4 is 0 Å². The molecule has 4 nitrogen and oxygen atoms in total. The second-order valence-corrected chi connectivity index (χ2v) is 3.00. The Morgan fingerprint density at radius 2 is 1.93 bits per heavy atom. The molecule has 0 aromatic rings. The number of rotatable bonds is 7. The Bertz CT molecular complexity index is 152. The molecule has 1 N–H and O–H groups in total. The van der Waals surface area contributed by atoms with Crippen molar-refractivity contribution in [3.63, 3.8) is 0 Å². The zero-order valence-corrected chi connectivity index (χ0v) is 8.45. The third kappa shape index (κ3) is 8.97. The number of carbonyl (C=O) groups is 1. The van der Waals surface area contributed by atoms with Crippen LogP contribution in [-0.2, 0) is 14.3 Å². The van der Waals surface area contributed by atoms with Crippen LogP contribution in [0.2, 0.25) is 0 Å². The number of aliphatic carboxylic acids is 1. The fourth-order valence-corrected chi connectivity index (χ4v) is 0.718. The molecule has 0 aliphatic carbocycles. The van der Waals surface area contributed by atoms with Gasteiger partial charge in [-0.3, -0.25) is 0 Å². The molecule has 0 aliphatic rings. The molecule has 0 aromatic carbocycles. The van der Waals surface area contributed by atoms with E-state index in [1.807, 2.05) is 13.8 Å². The van der Waals surface area contributed by atoms with Gasteiger partial charge in [0.1, 0.15) is 0 Å². The Kier molecular flexibility index (Phi) is 11.9. The van der Waals surface area contributed by atoms with Gasteiger partial charge in [0.25, 0.3) is 0 Å². The van der Waals surface area contributed by atoms with Crippen molar-refractivity contribution in [2.24, 2.45) is 0 Å². The molecule has 2 atom stereocenters. The molecule has 0 radical (unpaired) electrons. The first-order chi connectivity index (χ1) is 6.07. The van der Waals surface area contributed by atoms with Gasteiger partial charge in [0.15, 0.2) is 6.10 Å². The summed E-state index contributed by atoms with van der Waals surface area (Å²) in [4.78, 5) is 10.4. The van der Waals surface area contributed by atoms with Crippen LogP contribution in [0.5, 0.6) is 0 Å². The topological polar surface area (TPSA) is 55.8 Å². The Balaban J connectivity index is 0. The molecule has 2 unspecified atom stereocenters. The third-order valence-electron chi connectivity index (χ3n) is 1.54. The van der Waals surface area contributed by atoms with E-state index in [4.69, 9.17) is 14.6 Å². The van der Waals surface area contributed by atoms with Crippen molar-refractivity contribution in [1.29, 1.82) is 0 Å². The Morgan fingerprint density at radius 3 is 2.36 bits per heavy atom. The summed E-state index contributed by atoms with van der Waals surface area (Å²) < 4.78 is 10.3. The third-order valence-corrected chi connectivity index (χ3v) is 1.54. The first-order valence-corrected chi connectivity index (χ1v) is 4.54. The van der Waals surface area contributed by atoms with Crippen molar-refractivity contribution in [2.45, 2.75) is 39.4 Å². The molecular formula is C9H19NaO4. The van der Waals surface area contributed by atoms with Gasteiger partial charge in [-0.2, -0.15) is 0 Å². The van der Waals surface area contributed by atoms with Crippen molar-refractivity contribution in [1.82, 2.24) is 0 Å². The van der Waals surface area contributed by atoms with Crippen LogP contribution in [-0.4, -0.2) is 66.1 Å². The molecule has 0 aromatic heterocycles. The van der Waals surface area contributed by atoms with Crippen molar-refractivity contribution in [3.05, 3.63) is 0 Å². The predicted octanol–water partition coefficient (Wildman–Crippen LogP) is 0.643. The van der Waals surface area contributed by atoms with E-state index in [-0.39, 0.29) is 35.7 Å². The summed E-state index contributed by atoms with van der Waals surface area (Å²) in [7, 11) is 0. The summed E-state index contributed by atoms with van der Waals surface area (Å²) in [5, 5.41) is 8.51. The summed E-state index contributed by atoms with van der Waals surface area (Å²) in [5.74, 6) is -0.942. The number of hydrogen-bond acceptors (Lipinski definition) is 3. The minimum atomic E-state index is -0.942. The number of ether oxygens (including phenoxy) is 2. The standard InChI is InChI=1S/C9H18O4.Na.H/c1-4-5-12-7(2)6-13-8(3)9(10)11;;/h7-8H,4-6H2,1-3H3,(H,10,11);;. The maximum absolute atomic E-state index is 10.4. The summed E-state index contributed by atoms with van der Waals surface area (Å²) in [6.45, 7) is 6.41. The van der Waals surface area contributed by atoms with E-state index in [1.54, 1.807) is 0 Å². The van der Waals surface area contributed by atoms with Crippen molar-refractivity contribution in [2.75, 3.05) is 13.2 Å². The molecule has 0 bridgehead atoms. The van der Waals surface area contributed by atoms with Crippen LogP contribution >= 0.6 is 0 Å². The molecule has 0 saturated heterocycles. The van der Waals surface area contributed by atoms with Crippen LogP contribution in [0.1, 0.15) is 27.2 Å². The molecule has 0 heterocycles. The van der Waals surface area contributed by atoms with Gasteiger partial charge in [0.2, 0.25) is 0 Å². The van der Waals surface area contributed by atoms with E-state index in [2.05, 4.69) is 0 Å². The average molecular weight is 214 g/mol. The molecular weight excluding hydrogens is 195 g/mol. The second kappa shape index (κ2) is 9.93. The predicted molar refractivity (Wildman–Crippen MR) is 55.9 cm³/mol. The molecule has 0 fully saturated rings. The van der Waals surface area contributed by atoms with Gasteiger partial charge in [-0.15, -0.1) is 0 Å². The van der Waals surface area contributed by atoms with Crippen LogP contribution in [0.4, 0.5) is 0 Å². The van der Waals surface area contributed by atoms with Gasteiger partial charge in [-0.1, -0.05) is 6.92 Å². The Morgan fingerprint density at radius 1 is 1.36 bits per heavy atom. The first kappa shape index (κ1) is 16.8. The summed E-state index contributed by atoms with van der Waals surface area (Å²) in [5.41, 5.74) is 0. The molecule has 5 heteroatoms. The van der Waals surface area contributed by atoms with Gasteiger partial charge in [-0.05, 0) is 20.3 Å². The first-order valence-electron chi connectivity index (χ1n) is 4.54. The number of carboxylic acid groups (broad SMARTS) is 1. The number of carboxylic acids is 1. The Hall–Kier alpha value is 0.390. The van der Waals surface area contributed by atoms with Gasteiger partial charge in [0, 0.05) is 6.61 Å². The molecule has 0 amide bonds. The van der Waals surface area contributed by atoms with Crippen molar-refractivity contribution in [3.8, 4) is 0 Å². The van der Waals surface area contributed by atoms with Crippen LogP contribution in [0.15, 0.2) is 0 Å². The normalized spacial score (nSPS) is 14.2. The van der Waals surface area contributed by atoms with Gasteiger partial charge >= 0.3 is 35.5 Å². The zero-order chi connectivity index (χ0) is 10.3. The van der Waals surface area contributed by atoms with Crippen molar-refractivity contribution >= 4 is 35.5 Å². The van der Waals surface area contributed by atoms with Crippen LogP contribution in [0.3, 0.4) is 0 Å². The fraction of sp³-hybridized carbons (Fsp3) is 0.889. The molecule has 14 heavy (non-hydrogen) atoms. The quantitative estimate of drug-likeness (QED) is 0.632. The van der Waals surface area contributed by atoms with Crippen molar-refractivity contribution < 1.29 is 19.4 Å². The van der Waals surface area contributed by atoms with Gasteiger partial charge < -0.3 is 14.6 Å². The zero-order valence-electron chi connectivity index (χ0n) is 8.45. The van der Waals surface area contributed by atoms with E-state index in [0.29, 0.717) is 13.2 Å². The molecule has 0 saturated carbocycles. The minimum absolute atomic E-state index is 0. The summed E-state index contributed by atoms with van der Waals surface area (Å²) in [6, 6.07) is 0. The molecule has 80 valence electrons. The van der Waals surface area contributed by atoms with Gasteiger partial charge in [-0.25, -0.2) is 4.79 Å². The average Bonchev–Trinajstić information content (AvgIpc) is 2.10.